The largest absolute Gasteiger partial charge is 0.504 e. The van der Waals surface area contributed by atoms with E-state index >= 15 is 0 Å². The predicted molar refractivity (Wildman–Crippen MR) is 65.7 cm³/mol. The number of hydrogen-bond acceptors (Lipinski definition) is 4. The fraction of sp³-hybridized carbons (Fsp3) is 0.462. The number of carboxylic acid groups (broad SMARTS) is 1. The predicted octanol–water partition coefficient (Wildman–Crippen LogP) is 1.31. The van der Waals surface area contributed by atoms with Crippen molar-refractivity contribution < 1.29 is 19.7 Å². The number of benzene rings is 1. The van der Waals surface area contributed by atoms with Gasteiger partial charge in [-0.25, -0.2) is 0 Å². The molecule has 5 nitrogen and oxygen atoms in total. The highest BCUT2D eigenvalue weighted by atomic mass is 16.5. The summed E-state index contributed by atoms with van der Waals surface area (Å²) in [6.45, 7) is 2.05. The number of carboxylic acids is 1. The summed E-state index contributed by atoms with van der Waals surface area (Å²) in [5.74, 6) is -0.419. The Bertz CT molecular complexity index is 447. The van der Waals surface area contributed by atoms with Crippen molar-refractivity contribution in [2.45, 2.75) is 13.0 Å². The maximum Gasteiger partial charge on any atom is 0.307 e. The molecule has 1 atom stereocenters. The van der Waals surface area contributed by atoms with E-state index in [1.165, 1.54) is 7.11 Å². The zero-order valence-electron chi connectivity index (χ0n) is 10.3. The summed E-state index contributed by atoms with van der Waals surface area (Å²) < 4.78 is 5.05. The van der Waals surface area contributed by atoms with Crippen LogP contribution in [0.4, 0.5) is 0 Å². The van der Waals surface area contributed by atoms with Crippen LogP contribution in [0, 0.1) is 5.92 Å². The van der Waals surface area contributed by atoms with E-state index in [2.05, 4.69) is 4.90 Å². The molecule has 0 radical (unpaired) electrons. The molecule has 1 unspecified atom stereocenters. The monoisotopic (exact) mass is 251 g/mol. The highest BCUT2D eigenvalue weighted by Crippen LogP contribution is 2.27. The third-order valence-corrected chi connectivity index (χ3v) is 3.27. The molecule has 1 aromatic carbocycles. The number of aromatic hydroxyl groups is 1. The number of phenolic OH excluding ortho intramolecular Hbond substituents is 1. The van der Waals surface area contributed by atoms with Gasteiger partial charge >= 0.3 is 5.97 Å². The first-order chi connectivity index (χ1) is 8.60. The van der Waals surface area contributed by atoms with Crippen LogP contribution in [0.1, 0.15) is 12.0 Å². The lowest BCUT2D eigenvalue weighted by atomic mass is 10.1. The minimum atomic E-state index is -0.721. The van der Waals surface area contributed by atoms with Crippen molar-refractivity contribution in [2.24, 2.45) is 5.92 Å². The van der Waals surface area contributed by atoms with Gasteiger partial charge < -0.3 is 14.9 Å². The van der Waals surface area contributed by atoms with Crippen molar-refractivity contribution in [1.29, 1.82) is 0 Å². The van der Waals surface area contributed by atoms with E-state index < -0.39 is 5.97 Å². The quantitative estimate of drug-likeness (QED) is 0.844. The van der Waals surface area contributed by atoms with Gasteiger partial charge in [-0.3, -0.25) is 9.69 Å². The van der Waals surface area contributed by atoms with Gasteiger partial charge in [0, 0.05) is 13.1 Å². The van der Waals surface area contributed by atoms with Gasteiger partial charge in [0.1, 0.15) is 0 Å². The van der Waals surface area contributed by atoms with Crippen molar-refractivity contribution in [1.82, 2.24) is 4.90 Å². The average Bonchev–Trinajstić information content (AvgIpc) is 2.80. The molecule has 0 aliphatic carbocycles. The summed E-state index contributed by atoms with van der Waals surface area (Å²) >= 11 is 0. The Morgan fingerprint density at radius 3 is 2.94 bits per heavy atom. The number of rotatable bonds is 4. The number of hydrogen-bond donors (Lipinski definition) is 2. The lowest BCUT2D eigenvalue weighted by Crippen LogP contribution is -2.22. The van der Waals surface area contributed by atoms with Crippen LogP contribution in [0.25, 0.3) is 0 Å². The molecule has 1 aromatic rings. The molecule has 0 amide bonds. The first-order valence-electron chi connectivity index (χ1n) is 5.91. The Kier molecular flexibility index (Phi) is 3.72. The third kappa shape index (κ3) is 2.73. The molecule has 18 heavy (non-hydrogen) atoms. The smallest absolute Gasteiger partial charge is 0.307 e. The van der Waals surface area contributed by atoms with Crippen LogP contribution in [0.2, 0.25) is 0 Å². The summed E-state index contributed by atoms with van der Waals surface area (Å²) in [6, 6.07) is 5.20. The lowest BCUT2D eigenvalue weighted by molar-refractivity contribution is -0.141. The van der Waals surface area contributed by atoms with E-state index in [1.807, 2.05) is 6.07 Å². The number of methoxy groups -OCH3 is 1. The standard InChI is InChI=1S/C13H17NO4/c1-18-12-6-9(2-3-11(12)15)7-14-5-4-10(8-14)13(16)17/h2-3,6,10,15H,4-5,7-8H2,1H3,(H,16,17). The van der Waals surface area contributed by atoms with Crippen LogP contribution in [-0.2, 0) is 11.3 Å². The molecule has 1 heterocycles. The maximum atomic E-state index is 10.9. The van der Waals surface area contributed by atoms with Crippen LogP contribution in [-0.4, -0.2) is 41.3 Å². The fourth-order valence-corrected chi connectivity index (χ4v) is 2.26. The van der Waals surface area contributed by atoms with Crippen LogP contribution in [0.5, 0.6) is 11.5 Å². The van der Waals surface area contributed by atoms with E-state index in [4.69, 9.17) is 9.84 Å². The Morgan fingerprint density at radius 2 is 2.33 bits per heavy atom. The summed E-state index contributed by atoms with van der Waals surface area (Å²) in [4.78, 5) is 13.0. The van der Waals surface area contributed by atoms with E-state index in [0.717, 1.165) is 12.1 Å². The molecular formula is C13H17NO4. The Morgan fingerprint density at radius 1 is 1.56 bits per heavy atom. The molecule has 1 saturated heterocycles. The van der Waals surface area contributed by atoms with Crippen LogP contribution in [0.3, 0.4) is 0 Å². The van der Waals surface area contributed by atoms with Gasteiger partial charge in [-0.15, -0.1) is 0 Å². The molecule has 2 rings (SSSR count). The van der Waals surface area contributed by atoms with Gasteiger partial charge in [-0.05, 0) is 30.7 Å². The number of carbonyl (C=O) groups is 1. The average molecular weight is 251 g/mol. The first-order valence-corrected chi connectivity index (χ1v) is 5.91. The first kappa shape index (κ1) is 12.7. The molecule has 1 aliphatic rings. The van der Waals surface area contributed by atoms with Crippen LogP contribution >= 0.6 is 0 Å². The molecular weight excluding hydrogens is 234 g/mol. The zero-order valence-corrected chi connectivity index (χ0v) is 10.3. The molecule has 0 saturated carbocycles. The van der Waals surface area contributed by atoms with E-state index in [-0.39, 0.29) is 11.7 Å². The second kappa shape index (κ2) is 5.27. The summed E-state index contributed by atoms with van der Waals surface area (Å²) in [5, 5.41) is 18.4. The second-order valence-corrected chi connectivity index (χ2v) is 4.57. The molecule has 1 aliphatic heterocycles. The van der Waals surface area contributed by atoms with Crippen molar-refractivity contribution in [3.05, 3.63) is 23.8 Å². The Balaban J connectivity index is 2.00. The minimum Gasteiger partial charge on any atom is -0.504 e. The van der Waals surface area contributed by atoms with Gasteiger partial charge in [0.05, 0.1) is 13.0 Å². The molecule has 5 heteroatoms. The molecule has 1 fully saturated rings. The van der Waals surface area contributed by atoms with Crippen molar-refractivity contribution in [3.8, 4) is 11.5 Å². The topological polar surface area (TPSA) is 70.0 Å². The number of likely N-dealkylation sites (tertiary alicyclic amines) is 1. The Labute approximate surface area is 106 Å². The van der Waals surface area contributed by atoms with E-state index in [0.29, 0.717) is 25.3 Å². The minimum absolute atomic E-state index is 0.117. The Hall–Kier alpha value is -1.75. The number of nitrogens with zero attached hydrogens (tertiary/aromatic N) is 1. The normalized spacial score (nSPS) is 19.9. The maximum absolute atomic E-state index is 10.9. The highest BCUT2D eigenvalue weighted by molar-refractivity contribution is 5.70. The lowest BCUT2D eigenvalue weighted by Gasteiger charge is -2.16. The summed E-state index contributed by atoms with van der Waals surface area (Å²) in [6.07, 6.45) is 0.699. The third-order valence-electron chi connectivity index (χ3n) is 3.27. The van der Waals surface area contributed by atoms with Crippen LogP contribution in [0.15, 0.2) is 18.2 Å². The van der Waals surface area contributed by atoms with E-state index in [1.54, 1.807) is 12.1 Å². The fourth-order valence-electron chi connectivity index (χ4n) is 2.26. The number of phenols is 1. The van der Waals surface area contributed by atoms with Gasteiger partial charge in [0.15, 0.2) is 11.5 Å². The summed E-state index contributed by atoms with van der Waals surface area (Å²) in [7, 11) is 1.51. The van der Waals surface area contributed by atoms with Crippen molar-refractivity contribution in [3.63, 3.8) is 0 Å². The zero-order chi connectivity index (χ0) is 13.1. The van der Waals surface area contributed by atoms with Gasteiger partial charge in [-0.1, -0.05) is 6.07 Å². The van der Waals surface area contributed by atoms with Gasteiger partial charge in [0.25, 0.3) is 0 Å². The SMILES string of the molecule is COc1cc(CN2CCC(C(=O)O)C2)ccc1O. The molecule has 98 valence electrons. The van der Waals surface area contributed by atoms with Gasteiger partial charge in [0.2, 0.25) is 0 Å². The number of ether oxygens (including phenoxy) is 1. The molecule has 2 N–H and O–H groups in total. The molecule has 0 aromatic heterocycles. The summed E-state index contributed by atoms with van der Waals surface area (Å²) in [5.41, 5.74) is 1.01. The van der Waals surface area contributed by atoms with Gasteiger partial charge in [-0.2, -0.15) is 0 Å². The molecule has 0 bridgehead atoms. The highest BCUT2D eigenvalue weighted by Gasteiger charge is 2.27. The van der Waals surface area contributed by atoms with Crippen molar-refractivity contribution in [2.75, 3.05) is 20.2 Å². The van der Waals surface area contributed by atoms with Crippen molar-refractivity contribution >= 4 is 5.97 Å². The second-order valence-electron chi connectivity index (χ2n) is 4.57. The molecule has 0 spiro atoms. The van der Waals surface area contributed by atoms with Crippen LogP contribution < -0.4 is 4.74 Å². The van der Waals surface area contributed by atoms with E-state index in [9.17, 15) is 9.90 Å². The number of aliphatic carboxylic acids is 1.